The van der Waals surface area contributed by atoms with Gasteiger partial charge in [-0.15, -0.1) is 0 Å². The number of nitrogens with one attached hydrogen (secondary N) is 1. The van der Waals surface area contributed by atoms with Crippen molar-refractivity contribution in [2.45, 2.75) is 44.2 Å². The smallest absolute Gasteiger partial charge is 0.248 e. The van der Waals surface area contributed by atoms with E-state index in [1.165, 1.54) is 22.5 Å². The predicted octanol–water partition coefficient (Wildman–Crippen LogP) is 3.65. The predicted molar refractivity (Wildman–Crippen MR) is 128 cm³/mol. The standard InChI is InChI=1S/C24H27ClFN3O4S/c25-21-12-5-4-11-20(21)23(24(31)27-18-8-2-1-3-9-18)29(19-10-6-7-17(26)15-19)22(30)16-34(32,33)28-13-14-28/h4-7,10-12,15,18,23H,1-3,8-9,13-14,16H2,(H,27,31)/t23-/m1/s1. The normalized spacial score (nSPS) is 17.7. The highest BCUT2D eigenvalue weighted by molar-refractivity contribution is 7.90. The average Bonchev–Trinajstić information content (AvgIpc) is 3.64. The lowest BCUT2D eigenvalue weighted by Crippen LogP contribution is -2.49. The van der Waals surface area contributed by atoms with Crippen LogP contribution in [0.1, 0.15) is 43.7 Å². The molecule has 2 fully saturated rings. The largest absolute Gasteiger partial charge is 0.351 e. The van der Waals surface area contributed by atoms with Gasteiger partial charge in [0.05, 0.1) is 0 Å². The molecule has 1 N–H and O–H groups in total. The summed E-state index contributed by atoms with van der Waals surface area (Å²) < 4.78 is 40.6. The highest BCUT2D eigenvalue weighted by Crippen LogP contribution is 2.33. The summed E-state index contributed by atoms with van der Waals surface area (Å²) in [4.78, 5) is 28.2. The minimum Gasteiger partial charge on any atom is -0.351 e. The Balaban J connectivity index is 1.77. The van der Waals surface area contributed by atoms with Gasteiger partial charge < -0.3 is 5.32 Å². The van der Waals surface area contributed by atoms with E-state index in [1.54, 1.807) is 24.3 Å². The average molecular weight is 508 g/mol. The van der Waals surface area contributed by atoms with Crippen LogP contribution in [0.5, 0.6) is 0 Å². The number of hydrogen-bond acceptors (Lipinski definition) is 4. The summed E-state index contributed by atoms with van der Waals surface area (Å²) in [5.74, 6) is -2.76. The van der Waals surface area contributed by atoms with Crippen LogP contribution in [0.15, 0.2) is 48.5 Å². The van der Waals surface area contributed by atoms with Crippen LogP contribution in [-0.4, -0.2) is 49.4 Å². The lowest BCUT2D eigenvalue weighted by molar-refractivity contribution is -0.126. The van der Waals surface area contributed by atoms with Gasteiger partial charge >= 0.3 is 0 Å². The SMILES string of the molecule is O=C(NC1CCCCC1)[C@@H](c1ccccc1Cl)N(C(=O)CS(=O)(=O)N1CC1)c1cccc(F)c1. The second-order valence-electron chi connectivity index (χ2n) is 8.67. The van der Waals surface area contributed by atoms with Crippen molar-refractivity contribution in [2.24, 2.45) is 0 Å². The fraction of sp³-hybridized carbons (Fsp3) is 0.417. The molecule has 1 aliphatic heterocycles. The second kappa shape index (κ2) is 10.4. The molecular formula is C24H27ClFN3O4S. The molecule has 7 nitrogen and oxygen atoms in total. The summed E-state index contributed by atoms with van der Waals surface area (Å²) in [5, 5.41) is 3.26. The summed E-state index contributed by atoms with van der Waals surface area (Å²) in [6, 6.07) is 10.5. The zero-order valence-electron chi connectivity index (χ0n) is 18.6. The Kier molecular flexibility index (Phi) is 7.54. The molecule has 2 aliphatic rings. The molecule has 10 heteroatoms. The fourth-order valence-corrected chi connectivity index (χ4v) is 5.83. The number of nitrogens with zero attached hydrogens (tertiary/aromatic N) is 2. The van der Waals surface area contributed by atoms with Crippen molar-refractivity contribution >= 4 is 39.1 Å². The molecule has 2 aromatic carbocycles. The van der Waals surface area contributed by atoms with Crippen molar-refractivity contribution in [3.63, 3.8) is 0 Å². The molecular weight excluding hydrogens is 481 g/mol. The Morgan fingerprint density at radius 1 is 1.09 bits per heavy atom. The number of halogens is 2. The van der Waals surface area contributed by atoms with E-state index < -0.39 is 39.4 Å². The van der Waals surface area contributed by atoms with Crippen molar-refractivity contribution in [1.82, 2.24) is 9.62 Å². The topological polar surface area (TPSA) is 86.6 Å². The zero-order chi connectivity index (χ0) is 24.3. The molecule has 2 aromatic rings. The van der Waals surface area contributed by atoms with Crippen molar-refractivity contribution in [1.29, 1.82) is 0 Å². The minimum atomic E-state index is -3.84. The van der Waals surface area contributed by atoms with E-state index in [4.69, 9.17) is 11.6 Å². The lowest BCUT2D eigenvalue weighted by Gasteiger charge is -2.34. The first-order chi connectivity index (χ1) is 16.3. The van der Waals surface area contributed by atoms with E-state index >= 15 is 0 Å². The maximum absolute atomic E-state index is 14.2. The van der Waals surface area contributed by atoms with Gasteiger partial charge in [0.2, 0.25) is 21.8 Å². The zero-order valence-corrected chi connectivity index (χ0v) is 20.2. The van der Waals surface area contributed by atoms with Gasteiger partial charge in [0.25, 0.3) is 0 Å². The van der Waals surface area contributed by atoms with E-state index in [0.29, 0.717) is 18.7 Å². The monoisotopic (exact) mass is 507 g/mol. The molecule has 0 radical (unpaired) electrons. The van der Waals surface area contributed by atoms with Gasteiger partial charge in [0.1, 0.15) is 17.6 Å². The summed E-state index contributed by atoms with van der Waals surface area (Å²) in [6.07, 6.45) is 4.71. The van der Waals surface area contributed by atoms with Crippen LogP contribution in [-0.2, 0) is 19.6 Å². The van der Waals surface area contributed by atoms with Crippen LogP contribution in [0.4, 0.5) is 10.1 Å². The lowest BCUT2D eigenvalue weighted by atomic mass is 9.94. The molecule has 0 spiro atoms. The number of carbonyl (C=O) groups excluding carboxylic acids is 2. The summed E-state index contributed by atoms with van der Waals surface area (Å²) in [6.45, 7) is 0.706. The number of benzene rings is 2. The summed E-state index contributed by atoms with van der Waals surface area (Å²) in [7, 11) is -3.84. The van der Waals surface area contributed by atoms with Gasteiger partial charge in [0, 0.05) is 35.4 Å². The van der Waals surface area contributed by atoms with Crippen LogP contribution in [0, 0.1) is 5.82 Å². The van der Waals surface area contributed by atoms with Crippen molar-refractivity contribution in [3.8, 4) is 0 Å². The molecule has 0 bridgehead atoms. The number of carbonyl (C=O) groups is 2. The molecule has 2 amide bonds. The molecule has 34 heavy (non-hydrogen) atoms. The highest BCUT2D eigenvalue weighted by Gasteiger charge is 2.40. The van der Waals surface area contributed by atoms with Gasteiger partial charge in [-0.25, -0.2) is 12.8 Å². The summed E-state index contributed by atoms with van der Waals surface area (Å²) in [5.41, 5.74) is 0.411. The van der Waals surface area contributed by atoms with Gasteiger partial charge in [-0.3, -0.25) is 14.5 Å². The Morgan fingerprint density at radius 2 is 1.79 bits per heavy atom. The first-order valence-corrected chi connectivity index (χ1v) is 13.4. The molecule has 1 aliphatic carbocycles. The van der Waals surface area contributed by atoms with E-state index in [2.05, 4.69) is 5.32 Å². The van der Waals surface area contributed by atoms with E-state index in [9.17, 15) is 22.4 Å². The van der Waals surface area contributed by atoms with E-state index in [0.717, 1.165) is 43.1 Å². The third kappa shape index (κ3) is 5.76. The molecule has 4 rings (SSSR count). The first kappa shape index (κ1) is 24.6. The van der Waals surface area contributed by atoms with Crippen LogP contribution in [0.2, 0.25) is 5.02 Å². The van der Waals surface area contributed by atoms with Crippen LogP contribution < -0.4 is 10.2 Å². The second-order valence-corrected chi connectivity index (χ2v) is 11.0. The molecule has 1 saturated heterocycles. The summed E-state index contributed by atoms with van der Waals surface area (Å²) >= 11 is 6.45. The Morgan fingerprint density at radius 3 is 2.44 bits per heavy atom. The fourth-order valence-electron chi connectivity index (χ4n) is 4.32. The van der Waals surface area contributed by atoms with Crippen LogP contribution >= 0.6 is 11.6 Å². The van der Waals surface area contributed by atoms with Gasteiger partial charge in [0.15, 0.2) is 0 Å². The van der Waals surface area contributed by atoms with Gasteiger partial charge in [-0.1, -0.05) is 55.1 Å². The van der Waals surface area contributed by atoms with Crippen molar-refractivity contribution in [3.05, 3.63) is 64.9 Å². The van der Waals surface area contributed by atoms with E-state index in [1.807, 2.05) is 0 Å². The third-order valence-electron chi connectivity index (χ3n) is 6.12. The number of amides is 2. The first-order valence-electron chi connectivity index (χ1n) is 11.4. The molecule has 1 saturated carbocycles. The Bertz CT molecular complexity index is 1170. The van der Waals surface area contributed by atoms with Crippen LogP contribution in [0.3, 0.4) is 0 Å². The molecule has 0 aromatic heterocycles. The van der Waals surface area contributed by atoms with Crippen molar-refractivity contribution in [2.75, 3.05) is 23.7 Å². The molecule has 0 unspecified atom stereocenters. The van der Waals surface area contributed by atoms with Crippen LogP contribution in [0.25, 0.3) is 0 Å². The molecule has 182 valence electrons. The Labute approximate surface area is 203 Å². The quantitative estimate of drug-likeness (QED) is 0.553. The highest BCUT2D eigenvalue weighted by atomic mass is 35.5. The maximum Gasteiger partial charge on any atom is 0.248 e. The molecule has 1 heterocycles. The van der Waals surface area contributed by atoms with Gasteiger partial charge in [-0.05, 0) is 37.1 Å². The number of rotatable bonds is 8. The Hall–Kier alpha value is -2.49. The maximum atomic E-state index is 14.2. The van der Waals surface area contributed by atoms with Crippen molar-refractivity contribution < 1.29 is 22.4 Å². The number of anilines is 1. The van der Waals surface area contributed by atoms with E-state index in [-0.39, 0.29) is 16.8 Å². The third-order valence-corrected chi connectivity index (χ3v) is 8.23. The minimum absolute atomic E-state index is 0.0583. The molecule has 1 atom stereocenters. The number of sulfonamides is 1. The van der Waals surface area contributed by atoms with Gasteiger partial charge in [-0.2, -0.15) is 4.31 Å². The number of hydrogen-bond donors (Lipinski definition) is 1.